The van der Waals surface area contributed by atoms with Gasteiger partial charge in [-0.1, -0.05) is 17.7 Å². The Morgan fingerprint density at radius 1 is 1.10 bits per heavy atom. The van der Waals surface area contributed by atoms with Crippen LogP contribution in [0.3, 0.4) is 0 Å². The summed E-state index contributed by atoms with van der Waals surface area (Å²) in [5.74, 6) is 6.87. The van der Waals surface area contributed by atoms with Gasteiger partial charge < -0.3 is 9.47 Å². The second-order valence-electron chi connectivity index (χ2n) is 4.58. The lowest BCUT2D eigenvalue weighted by atomic mass is 10.1. The summed E-state index contributed by atoms with van der Waals surface area (Å²) in [6.45, 7) is 2.15. The molecule has 1 aliphatic heterocycles. The van der Waals surface area contributed by atoms with Crippen LogP contribution in [0.25, 0.3) is 0 Å². The summed E-state index contributed by atoms with van der Waals surface area (Å²) in [5, 5.41) is 1.10. The minimum Gasteiger partial charge on any atom is -0.454 e. The Balaban J connectivity index is 0.00000161. The summed E-state index contributed by atoms with van der Waals surface area (Å²) in [4.78, 5) is 12.3. The molecule has 1 aliphatic rings. The first kappa shape index (κ1) is 15.2. The van der Waals surface area contributed by atoms with Crippen LogP contribution >= 0.6 is 12.4 Å². The molecule has 6 heteroatoms. The normalized spacial score (nSPS) is 11.7. The highest BCUT2D eigenvalue weighted by molar-refractivity contribution is 6.05. The molecule has 0 saturated heterocycles. The molecule has 0 bridgehead atoms. The maximum absolute atomic E-state index is 12.3. The number of rotatable bonds is 2. The Bertz CT molecular complexity index is 658. The van der Waals surface area contributed by atoms with Crippen LogP contribution in [0.5, 0.6) is 11.5 Å². The third kappa shape index (κ3) is 2.94. The maximum atomic E-state index is 12.3. The minimum absolute atomic E-state index is 0. The van der Waals surface area contributed by atoms with Gasteiger partial charge in [0.1, 0.15) is 0 Å². The number of amides is 1. The average Bonchev–Trinajstić information content (AvgIpc) is 2.94. The zero-order valence-corrected chi connectivity index (χ0v) is 12.2. The Kier molecular flexibility index (Phi) is 4.35. The van der Waals surface area contributed by atoms with Gasteiger partial charge in [0.2, 0.25) is 6.79 Å². The van der Waals surface area contributed by atoms with Crippen molar-refractivity contribution >= 4 is 24.0 Å². The molecule has 2 N–H and O–H groups in total. The molecule has 0 spiro atoms. The fourth-order valence-electron chi connectivity index (χ4n) is 1.99. The lowest BCUT2D eigenvalue weighted by molar-refractivity contribution is 0.0987. The highest BCUT2D eigenvalue weighted by Gasteiger charge is 2.19. The van der Waals surface area contributed by atoms with E-state index in [4.69, 9.17) is 15.3 Å². The molecular weight excluding hydrogens is 292 g/mol. The number of carbonyl (C=O) groups is 1. The number of nitrogens with two attached hydrogens (primary N) is 1. The number of nitrogens with zero attached hydrogens (tertiary/aromatic N) is 1. The van der Waals surface area contributed by atoms with Gasteiger partial charge in [-0.25, -0.2) is 10.9 Å². The van der Waals surface area contributed by atoms with E-state index in [9.17, 15) is 4.79 Å². The van der Waals surface area contributed by atoms with E-state index in [-0.39, 0.29) is 25.1 Å². The lowest BCUT2D eigenvalue weighted by Gasteiger charge is -2.17. The Morgan fingerprint density at radius 3 is 2.48 bits per heavy atom. The SMILES string of the molecule is Cc1ccc(C(=O)N(N)c2ccc3c(c2)OCO3)cc1.Cl. The summed E-state index contributed by atoms with van der Waals surface area (Å²) in [6.07, 6.45) is 0. The van der Waals surface area contributed by atoms with Crippen molar-refractivity contribution in [3.63, 3.8) is 0 Å². The van der Waals surface area contributed by atoms with E-state index in [0.717, 1.165) is 10.6 Å². The van der Waals surface area contributed by atoms with E-state index in [0.29, 0.717) is 22.7 Å². The predicted molar refractivity (Wildman–Crippen MR) is 82.0 cm³/mol. The second kappa shape index (κ2) is 6.03. The molecule has 0 unspecified atom stereocenters. The molecule has 2 aromatic carbocycles. The number of anilines is 1. The fourth-order valence-corrected chi connectivity index (χ4v) is 1.99. The van der Waals surface area contributed by atoms with Crippen molar-refractivity contribution in [1.82, 2.24) is 0 Å². The van der Waals surface area contributed by atoms with Gasteiger partial charge in [0.05, 0.1) is 5.69 Å². The van der Waals surface area contributed by atoms with Crippen LogP contribution in [0.2, 0.25) is 0 Å². The van der Waals surface area contributed by atoms with Crippen LogP contribution < -0.4 is 20.3 Å². The van der Waals surface area contributed by atoms with Crippen LogP contribution in [0.4, 0.5) is 5.69 Å². The summed E-state index contributed by atoms with van der Waals surface area (Å²) in [5.41, 5.74) is 2.18. The summed E-state index contributed by atoms with van der Waals surface area (Å²) < 4.78 is 10.5. The number of fused-ring (bicyclic) bond motifs is 1. The van der Waals surface area contributed by atoms with Crippen LogP contribution in [0, 0.1) is 6.92 Å². The van der Waals surface area contributed by atoms with Crippen molar-refractivity contribution in [1.29, 1.82) is 0 Å². The van der Waals surface area contributed by atoms with Crippen LogP contribution in [0.15, 0.2) is 42.5 Å². The number of ether oxygens (including phenoxy) is 2. The molecule has 3 rings (SSSR count). The van der Waals surface area contributed by atoms with E-state index in [2.05, 4.69) is 0 Å². The molecule has 1 heterocycles. The maximum Gasteiger partial charge on any atom is 0.272 e. The van der Waals surface area contributed by atoms with Crippen LogP contribution in [-0.2, 0) is 0 Å². The van der Waals surface area contributed by atoms with Crippen molar-refractivity contribution < 1.29 is 14.3 Å². The van der Waals surface area contributed by atoms with E-state index in [1.54, 1.807) is 30.3 Å². The predicted octanol–water partition coefficient (Wildman–Crippen LogP) is 2.67. The van der Waals surface area contributed by atoms with Gasteiger partial charge in [0.15, 0.2) is 11.5 Å². The molecule has 0 fully saturated rings. The highest BCUT2D eigenvalue weighted by atomic mass is 35.5. The van der Waals surface area contributed by atoms with Gasteiger partial charge in [0, 0.05) is 11.6 Å². The monoisotopic (exact) mass is 306 g/mol. The van der Waals surface area contributed by atoms with E-state index in [1.165, 1.54) is 0 Å². The van der Waals surface area contributed by atoms with Crippen molar-refractivity contribution in [2.75, 3.05) is 11.8 Å². The smallest absolute Gasteiger partial charge is 0.272 e. The number of hydrogen-bond acceptors (Lipinski definition) is 4. The fraction of sp³-hybridized carbons (Fsp3) is 0.133. The second-order valence-corrected chi connectivity index (χ2v) is 4.58. The van der Waals surface area contributed by atoms with Crippen LogP contribution in [0.1, 0.15) is 15.9 Å². The molecule has 2 aromatic rings. The standard InChI is InChI=1S/C15H14N2O3.ClH/c1-10-2-4-11(5-3-10)15(18)17(16)12-6-7-13-14(8-12)20-9-19-13;/h2-8H,9,16H2,1H3;1H. The zero-order chi connectivity index (χ0) is 14.1. The van der Waals surface area contributed by atoms with Crippen molar-refractivity contribution in [2.24, 2.45) is 5.84 Å². The molecule has 21 heavy (non-hydrogen) atoms. The number of hydrazine groups is 1. The third-order valence-corrected chi connectivity index (χ3v) is 3.15. The number of carbonyl (C=O) groups excluding carboxylic acids is 1. The lowest BCUT2D eigenvalue weighted by Crippen LogP contribution is -2.37. The van der Waals surface area contributed by atoms with Crippen molar-refractivity contribution in [3.8, 4) is 11.5 Å². The topological polar surface area (TPSA) is 64.8 Å². The molecule has 0 aliphatic carbocycles. The molecule has 5 nitrogen and oxygen atoms in total. The van der Waals surface area contributed by atoms with Gasteiger partial charge in [-0.2, -0.15) is 0 Å². The van der Waals surface area contributed by atoms with E-state index >= 15 is 0 Å². The van der Waals surface area contributed by atoms with E-state index in [1.807, 2.05) is 19.1 Å². The first-order chi connectivity index (χ1) is 9.65. The number of hydrogen-bond donors (Lipinski definition) is 1. The Hall–Kier alpha value is -2.24. The van der Waals surface area contributed by atoms with Gasteiger partial charge in [-0.05, 0) is 31.2 Å². The Morgan fingerprint density at radius 2 is 1.76 bits per heavy atom. The molecule has 0 radical (unpaired) electrons. The average molecular weight is 307 g/mol. The number of aryl methyl sites for hydroxylation is 1. The quantitative estimate of drug-likeness (QED) is 0.526. The summed E-state index contributed by atoms with van der Waals surface area (Å²) >= 11 is 0. The third-order valence-electron chi connectivity index (χ3n) is 3.15. The molecule has 0 saturated carbocycles. The number of benzene rings is 2. The zero-order valence-electron chi connectivity index (χ0n) is 11.4. The van der Waals surface area contributed by atoms with Gasteiger partial charge in [-0.15, -0.1) is 12.4 Å². The van der Waals surface area contributed by atoms with E-state index < -0.39 is 0 Å². The molecule has 0 atom stereocenters. The summed E-state index contributed by atoms with van der Waals surface area (Å²) in [6, 6.07) is 12.4. The first-order valence-electron chi connectivity index (χ1n) is 6.20. The molecular formula is C15H15ClN2O3. The largest absolute Gasteiger partial charge is 0.454 e. The van der Waals surface area contributed by atoms with Crippen LogP contribution in [-0.4, -0.2) is 12.7 Å². The Labute approximate surface area is 128 Å². The highest BCUT2D eigenvalue weighted by Crippen LogP contribution is 2.35. The minimum atomic E-state index is -0.274. The van der Waals surface area contributed by atoms with Gasteiger partial charge >= 0.3 is 0 Å². The molecule has 0 aromatic heterocycles. The van der Waals surface area contributed by atoms with Crippen molar-refractivity contribution in [3.05, 3.63) is 53.6 Å². The van der Waals surface area contributed by atoms with Crippen molar-refractivity contribution in [2.45, 2.75) is 6.92 Å². The summed E-state index contributed by atoms with van der Waals surface area (Å²) in [7, 11) is 0. The van der Waals surface area contributed by atoms with Gasteiger partial charge in [0.25, 0.3) is 5.91 Å². The molecule has 1 amide bonds. The first-order valence-corrected chi connectivity index (χ1v) is 6.20. The molecule has 110 valence electrons. The number of halogens is 1. The van der Waals surface area contributed by atoms with Gasteiger partial charge in [-0.3, -0.25) is 4.79 Å².